The molecule has 0 spiro atoms. The van der Waals surface area contributed by atoms with E-state index in [1.807, 2.05) is 47.4 Å². The molecule has 1 N–H and O–H groups in total. The molecular formula is C23H20Cl2N2O2. The number of amides is 2. The second-order valence-corrected chi connectivity index (χ2v) is 8.01. The monoisotopic (exact) mass is 426 g/mol. The second kappa shape index (κ2) is 8.44. The molecule has 4 rings (SSSR count). The summed E-state index contributed by atoms with van der Waals surface area (Å²) in [6.45, 7) is 1.21. The third-order valence-electron chi connectivity index (χ3n) is 5.32. The number of benzene rings is 3. The van der Waals surface area contributed by atoms with Crippen LogP contribution in [0.15, 0.2) is 60.7 Å². The molecule has 1 heterocycles. The van der Waals surface area contributed by atoms with Crippen LogP contribution in [0.4, 0.5) is 0 Å². The fraction of sp³-hybridized carbons (Fsp3) is 0.217. The van der Waals surface area contributed by atoms with Crippen molar-refractivity contribution >= 4 is 45.8 Å². The van der Waals surface area contributed by atoms with Gasteiger partial charge in [0, 0.05) is 30.3 Å². The zero-order valence-electron chi connectivity index (χ0n) is 15.7. The Morgan fingerprint density at radius 2 is 1.62 bits per heavy atom. The van der Waals surface area contributed by atoms with Gasteiger partial charge in [0.1, 0.15) is 0 Å². The average Bonchev–Trinajstić information content (AvgIpc) is 2.75. The molecule has 148 valence electrons. The maximum Gasteiger partial charge on any atom is 0.254 e. The summed E-state index contributed by atoms with van der Waals surface area (Å²) in [7, 11) is 0. The van der Waals surface area contributed by atoms with E-state index >= 15 is 0 Å². The van der Waals surface area contributed by atoms with Gasteiger partial charge in [-0.15, -0.1) is 0 Å². The molecule has 2 amide bonds. The minimum absolute atomic E-state index is 0.0218. The number of nitrogens with one attached hydrogen (secondary N) is 1. The van der Waals surface area contributed by atoms with Crippen molar-refractivity contribution in [2.24, 2.45) is 0 Å². The summed E-state index contributed by atoms with van der Waals surface area (Å²) in [6, 6.07) is 18.6. The van der Waals surface area contributed by atoms with Crippen molar-refractivity contribution in [2.45, 2.75) is 18.9 Å². The smallest absolute Gasteiger partial charge is 0.254 e. The Hall–Kier alpha value is -2.56. The summed E-state index contributed by atoms with van der Waals surface area (Å²) >= 11 is 11.9. The summed E-state index contributed by atoms with van der Waals surface area (Å²) < 4.78 is 0. The molecule has 0 bridgehead atoms. The number of carbonyl (C=O) groups excluding carboxylic acids is 2. The minimum Gasteiger partial charge on any atom is -0.349 e. The lowest BCUT2D eigenvalue weighted by Gasteiger charge is -2.32. The van der Waals surface area contributed by atoms with Crippen LogP contribution in [0.2, 0.25) is 10.0 Å². The third kappa shape index (κ3) is 4.24. The van der Waals surface area contributed by atoms with Crippen LogP contribution >= 0.6 is 23.2 Å². The Labute approximate surface area is 179 Å². The molecule has 0 radical (unpaired) electrons. The van der Waals surface area contributed by atoms with E-state index in [1.165, 1.54) is 0 Å². The molecule has 0 unspecified atom stereocenters. The standard InChI is InChI=1S/C23H20Cl2N2O2/c24-20-9-8-16(14-21(20)25)22(28)26-17-10-12-27(13-11-17)23(29)19-7-3-5-15-4-1-2-6-18(15)19/h1-9,14,17H,10-13H2,(H,26,28). The summed E-state index contributed by atoms with van der Waals surface area (Å²) in [5.74, 6) is -0.140. The molecule has 0 aromatic heterocycles. The van der Waals surface area contributed by atoms with E-state index in [9.17, 15) is 9.59 Å². The van der Waals surface area contributed by atoms with Gasteiger partial charge < -0.3 is 10.2 Å². The van der Waals surface area contributed by atoms with E-state index in [1.54, 1.807) is 18.2 Å². The van der Waals surface area contributed by atoms with Gasteiger partial charge in [-0.05, 0) is 47.9 Å². The fourth-order valence-electron chi connectivity index (χ4n) is 3.72. The third-order valence-corrected chi connectivity index (χ3v) is 6.06. The summed E-state index contributed by atoms with van der Waals surface area (Å²) in [5.41, 5.74) is 1.20. The number of piperidine rings is 1. The number of rotatable bonds is 3. The largest absolute Gasteiger partial charge is 0.349 e. The molecule has 1 saturated heterocycles. The number of likely N-dealkylation sites (tertiary alicyclic amines) is 1. The van der Waals surface area contributed by atoms with Crippen LogP contribution in [-0.4, -0.2) is 35.8 Å². The highest BCUT2D eigenvalue weighted by molar-refractivity contribution is 6.42. The first-order valence-electron chi connectivity index (χ1n) is 9.56. The molecule has 1 aliphatic heterocycles. The highest BCUT2D eigenvalue weighted by Crippen LogP contribution is 2.24. The molecule has 0 saturated carbocycles. The van der Waals surface area contributed by atoms with Gasteiger partial charge in [0.15, 0.2) is 0 Å². The van der Waals surface area contributed by atoms with Crippen LogP contribution in [0.5, 0.6) is 0 Å². The van der Waals surface area contributed by atoms with Crippen molar-refractivity contribution in [2.75, 3.05) is 13.1 Å². The predicted octanol–water partition coefficient (Wildman–Crippen LogP) is 5.18. The lowest BCUT2D eigenvalue weighted by atomic mass is 10.0. The Kier molecular flexibility index (Phi) is 5.74. The van der Waals surface area contributed by atoms with Crippen LogP contribution in [0.1, 0.15) is 33.6 Å². The Bertz CT molecular complexity index is 1070. The molecule has 0 aliphatic carbocycles. The van der Waals surface area contributed by atoms with Crippen molar-refractivity contribution in [1.29, 1.82) is 0 Å². The van der Waals surface area contributed by atoms with Crippen molar-refractivity contribution in [3.05, 3.63) is 81.8 Å². The number of fused-ring (bicyclic) bond motifs is 1. The van der Waals surface area contributed by atoms with Gasteiger partial charge in [-0.25, -0.2) is 0 Å². The van der Waals surface area contributed by atoms with Gasteiger partial charge in [0.25, 0.3) is 11.8 Å². The van der Waals surface area contributed by atoms with Gasteiger partial charge in [-0.1, -0.05) is 59.6 Å². The van der Waals surface area contributed by atoms with Crippen LogP contribution in [0.3, 0.4) is 0 Å². The van der Waals surface area contributed by atoms with Crippen LogP contribution in [0, 0.1) is 0 Å². The average molecular weight is 427 g/mol. The van der Waals surface area contributed by atoms with Crippen molar-refractivity contribution in [1.82, 2.24) is 10.2 Å². The highest BCUT2D eigenvalue weighted by Gasteiger charge is 2.25. The summed E-state index contributed by atoms with van der Waals surface area (Å²) in [4.78, 5) is 27.4. The first-order valence-corrected chi connectivity index (χ1v) is 10.3. The van der Waals surface area contributed by atoms with E-state index < -0.39 is 0 Å². The van der Waals surface area contributed by atoms with E-state index in [0.717, 1.165) is 16.3 Å². The van der Waals surface area contributed by atoms with Crippen LogP contribution in [-0.2, 0) is 0 Å². The van der Waals surface area contributed by atoms with Gasteiger partial charge >= 0.3 is 0 Å². The quantitative estimate of drug-likeness (QED) is 0.626. The molecular weight excluding hydrogens is 407 g/mol. The first-order chi connectivity index (χ1) is 14.0. The normalized spacial score (nSPS) is 14.8. The van der Waals surface area contributed by atoms with E-state index in [4.69, 9.17) is 23.2 Å². The molecule has 4 nitrogen and oxygen atoms in total. The fourth-order valence-corrected chi connectivity index (χ4v) is 4.01. The zero-order valence-corrected chi connectivity index (χ0v) is 17.2. The SMILES string of the molecule is O=C(NC1CCN(C(=O)c2cccc3ccccc23)CC1)c1ccc(Cl)c(Cl)c1. The second-order valence-electron chi connectivity index (χ2n) is 7.20. The zero-order chi connectivity index (χ0) is 20.4. The molecule has 3 aromatic carbocycles. The van der Waals surface area contributed by atoms with Gasteiger partial charge in [0.2, 0.25) is 0 Å². The van der Waals surface area contributed by atoms with Gasteiger partial charge in [-0.2, -0.15) is 0 Å². The van der Waals surface area contributed by atoms with Gasteiger partial charge in [-0.3, -0.25) is 9.59 Å². The number of hydrogen-bond acceptors (Lipinski definition) is 2. The lowest BCUT2D eigenvalue weighted by molar-refractivity contribution is 0.0700. The van der Waals surface area contributed by atoms with Gasteiger partial charge in [0.05, 0.1) is 10.0 Å². The first kappa shape index (κ1) is 19.7. The Morgan fingerprint density at radius 1 is 0.897 bits per heavy atom. The van der Waals surface area contributed by atoms with Crippen molar-refractivity contribution in [3.8, 4) is 0 Å². The highest BCUT2D eigenvalue weighted by atomic mass is 35.5. The number of carbonyl (C=O) groups is 2. The van der Waals surface area contributed by atoms with E-state index in [0.29, 0.717) is 41.5 Å². The van der Waals surface area contributed by atoms with Crippen molar-refractivity contribution < 1.29 is 9.59 Å². The topological polar surface area (TPSA) is 49.4 Å². The number of nitrogens with zero attached hydrogens (tertiary/aromatic N) is 1. The molecule has 1 fully saturated rings. The molecule has 3 aromatic rings. The molecule has 29 heavy (non-hydrogen) atoms. The maximum atomic E-state index is 13.0. The number of hydrogen-bond donors (Lipinski definition) is 1. The van der Waals surface area contributed by atoms with Crippen LogP contribution < -0.4 is 5.32 Å². The van der Waals surface area contributed by atoms with Crippen LogP contribution in [0.25, 0.3) is 10.8 Å². The summed E-state index contributed by atoms with van der Waals surface area (Å²) in [5, 5.41) is 5.83. The number of halogens is 2. The predicted molar refractivity (Wildman–Crippen MR) is 117 cm³/mol. The maximum absolute atomic E-state index is 13.0. The Morgan fingerprint density at radius 3 is 2.38 bits per heavy atom. The van der Waals surface area contributed by atoms with E-state index in [-0.39, 0.29) is 17.9 Å². The summed E-state index contributed by atoms with van der Waals surface area (Å²) in [6.07, 6.45) is 1.42. The molecule has 6 heteroatoms. The minimum atomic E-state index is -0.178. The van der Waals surface area contributed by atoms with Crippen molar-refractivity contribution in [3.63, 3.8) is 0 Å². The molecule has 0 atom stereocenters. The molecule has 1 aliphatic rings. The van der Waals surface area contributed by atoms with E-state index in [2.05, 4.69) is 5.32 Å². The lowest BCUT2D eigenvalue weighted by Crippen LogP contribution is -2.46. The Balaban J connectivity index is 1.39.